The Morgan fingerprint density at radius 3 is 2.67 bits per heavy atom. The van der Waals surface area contributed by atoms with E-state index in [-0.39, 0.29) is 12.0 Å². The molecule has 150 valence electrons. The Morgan fingerprint density at radius 1 is 1.19 bits per heavy atom. The lowest BCUT2D eigenvalue weighted by Gasteiger charge is -2.30. The highest BCUT2D eigenvalue weighted by Crippen LogP contribution is 2.29. The topological polar surface area (TPSA) is 79.9 Å². The Bertz CT molecular complexity index is 621. The molecule has 8 heteroatoms. The molecule has 1 aromatic rings. The molecule has 0 bridgehead atoms. The lowest BCUT2D eigenvalue weighted by Crippen LogP contribution is -2.37. The first-order valence-corrected chi connectivity index (χ1v) is 9.72. The number of ether oxygens (including phenoxy) is 2. The van der Waals surface area contributed by atoms with Crippen LogP contribution in [0.25, 0.3) is 0 Å². The van der Waals surface area contributed by atoms with E-state index in [1.165, 1.54) is 7.11 Å². The van der Waals surface area contributed by atoms with Crippen molar-refractivity contribution in [3.63, 3.8) is 0 Å². The standard InChI is InChI=1S/C19H28ClN3O4/c1-26-18(24)6-4-2-3-5-9-21-19(25)22-16-14-15(20)7-8-17(16)23-10-12-27-13-11-23/h7-8,14H,2-6,9-13H2,1H3,(H2,21,22,25). The number of hydrogen-bond acceptors (Lipinski definition) is 5. The monoisotopic (exact) mass is 397 g/mol. The lowest BCUT2D eigenvalue weighted by molar-refractivity contribution is -0.140. The number of carbonyl (C=O) groups excluding carboxylic acids is 2. The van der Waals surface area contributed by atoms with Crippen LogP contribution in [0.4, 0.5) is 16.2 Å². The van der Waals surface area contributed by atoms with E-state index in [4.69, 9.17) is 16.3 Å². The molecule has 1 aliphatic rings. The van der Waals surface area contributed by atoms with Gasteiger partial charge in [0.2, 0.25) is 0 Å². The average molecular weight is 398 g/mol. The first kappa shape index (κ1) is 21.3. The second kappa shape index (κ2) is 11.7. The number of nitrogens with zero attached hydrogens (tertiary/aromatic N) is 1. The smallest absolute Gasteiger partial charge is 0.319 e. The third-order valence-electron chi connectivity index (χ3n) is 4.38. The van der Waals surface area contributed by atoms with Gasteiger partial charge in [-0.2, -0.15) is 0 Å². The predicted molar refractivity (Wildman–Crippen MR) is 107 cm³/mol. The molecule has 1 saturated heterocycles. The molecule has 2 N–H and O–H groups in total. The molecular formula is C19H28ClN3O4. The van der Waals surface area contributed by atoms with Gasteiger partial charge in [0.25, 0.3) is 0 Å². The summed E-state index contributed by atoms with van der Waals surface area (Å²) in [5.41, 5.74) is 1.64. The number of carbonyl (C=O) groups is 2. The Kier molecular flexibility index (Phi) is 9.21. The molecule has 0 saturated carbocycles. The fourth-order valence-electron chi connectivity index (χ4n) is 2.91. The molecule has 0 spiro atoms. The number of anilines is 2. The Labute approximate surface area is 165 Å². The van der Waals surface area contributed by atoms with E-state index >= 15 is 0 Å². The Morgan fingerprint density at radius 2 is 1.93 bits per heavy atom. The number of rotatable bonds is 9. The summed E-state index contributed by atoms with van der Waals surface area (Å²) in [6.07, 6.45) is 4.01. The molecule has 1 heterocycles. The highest BCUT2D eigenvalue weighted by atomic mass is 35.5. The van der Waals surface area contributed by atoms with Gasteiger partial charge in [-0.1, -0.05) is 24.4 Å². The number of esters is 1. The van der Waals surface area contributed by atoms with Crippen LogP contribution in [0.3, 0.4) is 0 Å². The van der Waals surface area contributed by atoms with E-state index < -0.39 is 0 Å². The normalized spacial score (nSPS) is 13.9. The number of halogens is 1. The van der Waals surface area contributed by atoms with E-state index in [1.807, 2.05) is 12.1 Å². The summed E-state index contributed by atoms with van der Waals surface area (Å²) in [6, 6.07) is 5.26. The second-order valence-corrected chi connectivity index (χ2v) is 6.82. The summed E-state index contributed by atoms with van der Waals surface area (Å²) < 4.78 is 9.99. The molecule has 1 aliphatic heterocycles. The van der Waals surface area contributed by atoms with E-state index in [0.717, 1.165) is 44.5 Å². The number of nitrogens with one attached hydrogen (secondary N) is 2. The van der Waals surface area contributed by atoms with Crippen LogP contribution < -0.4 is 15.5 Å². The highest BCUT2D eigenvalue weighted by molar-refractivity contribution is 6.31. The van der Waals surface area contributed by atoms with Crippen molar-refractivity contribution in [1.82, 2.24) is 5.32 Å². The first-order valence-electron chi connectivity index (χ1n) is 9.34. The molecule has 0 aliphatic carbocycles. The van der Waals surface area contributed by atoms with E-state index in [2.05, 4.69) is 20.3 Å². The quantitative estimate of drug-likeness (QED) is 0.493. The number of morpholine rings is 1. The molecular weight excluding hydrogens is 370 g/mol. The molecule has 1 fully saturated rings. The largest absolute Gasteiger partial charge is 0.469 e. The minimum Gasteiger partial charge on any atom is -0.469 e. The summed E-state index contributed by atoms with van der Waals surface area (Å²) in [6.45, 7) is 3.49. The van der Waals surface area contributed by atoms with Gasteiger partial charge in [0.05, 0.1) is 31.7 Å². The van der Waals surface area contributed by atoms with Gasteiger partial charge in [-0.05, 0) is 31.0 Å². The fourth-order valence-corrected chi connectivity index (χ4v) is 3.08. The third-order valence-corrected chi connectivity index (χ3v) is 4.61. The SMILES string of the molecule is COC(=O)CCCCCCNC(=O)Nc1cc(Cl)ccc1N1CCOCC1. The van der Waals surface area contributed by atoms with Crippen molar-refractivity contribution in [2.24, 2.45) is 0 Å². The average Bonchev–Trinajstić information content (AvgIpc) is 2.67. The van der Waals surface area contributed by atoms with Gasteiger partial charge in [-0.3, -0.25) is 4.79 Å². The number of urea groups is 1. The Hall–Kier alpha value is -1.99. The maximum absolute atomic E-state index is 12.2. The number of unbranched alkanes of at least 4 members (excludes halogenated alkanes) is 3. The molecule has 7 nitrogen and oxygen atoms in total. The minimum absolute atomic E-state index is 0.176. The lowest BCUT2D eigenvalue weighted by atomic mass is 10.1. The minimum atomic E-state index is -0.249. The van der Waals surface area contributed by atoms with Crippen LogP contribution in [0.15, 0.2) is 18.2 Å². The molecule has 0 atom stereocenters. The van der Waals surface area contributed by atoms with E-state index in [0.29, 0.717) is 36.9 Å². The van der Waals surface area contributed by atoms with Crippen molar-refractivity contribution >= 4 is 35.0 Å². The summed E-state index contributed by atoms with van der Waals surface area (Å²) >= 11 is 6.10. The van der Waals surface area contributed by atoms with Crippen LogP contribution in [0.5, 0.6) is 0 Å². The van der Waals surface area contributed by atoms with E-state index in [1.54, 1.807) is 6.07 Å². The fraction of sp³-hybridized carbons (Fsp3) is 0.579. The number of methoxy groups -OCH3 is 1. The van der Waals surface area contributed by atoms with Gasteiger partial charge in [0.1, 0.15) is 0 Å². The molecule has 0 unspecified atom stereocenters. The van der Waals surface area contributed by atoms with Gasteiger partial charge in [-0.15, -0.1) is 0 Å². The van der Waals surface area contributed by atoms with Gasteiger partial charge >= 0.3 is 12.0 Å². The Balaban J connectivity index is 1.73. The van der Waals surface area contributed by atoms with Crippen LogP contribution in [-0.4, -0.2) is 52.0 Å². The maximum atomic E-state index is 12.2. The van der Waals surface area contributed by atoms with Crippen LogP contribution in [0.2, 0.25) is 5.02 Å². The van der Waals surface area contributed by atoms with Gasteiger partial charge < -0.3 is 25.0 Å². The molecule has 0 radical (unpaired) electrons. The second-order valence-electron chi connectivity index (χ2n) is 6.38. The first-order chi connectivity index (χ1) is 13.1. The van der Waals surface area contributed by atoms with Crippen LogP contribution in [0, 0.1) is 0 Å². The maximum Gasteiger partial charge on any atom is 0.319 e. The van der Waals surface area contributed by atoms with Crippen molar-refractivity contribution < 1.29 is 19.1 Å². The van der Waals surface area contributed by atoms with Crippen LogP contribution in [-0.2, 0) is 14.3 Å². The van der Waals surface area contributed by atoms with Gasteiger partial charge in [0, 0.05) is 31.1 Å². The molecule has 1 aromatic carbocycles. The number of hydrogen-bond donors (Lipinski definition) is 2. The molecule has 0 aromatic heterocycles. The number of benzene rings is 1. The number of amides is 2. The van der Waals surface area contributed by atoms with Crippen molar-refractivity contribution in [3.05, 3.63) is 23.2 Å². The third kappa shape index (κ3) is 7.64. The molecule has 2 rings (SSSR count). The predicted octanol–water partition coefficient (Wildman–Crippen LogP) is 3.42. The van der Waals surface area contributed by atoms with Crippen LogP contribution >= 0.6 is 11.6 Å². The summed E-state index contributed by atoms with van der Waals surface area (Å²) in [7, 11) is 1.40. The highest BCUT2D eigenvalue weighted by Gasteiger charge is 2.16. The molecule has 2 amide bonds. The summed E-state index contributed by atoms with van der Waals surface area (Å²) in [4.78, 5) is 25.4. The zero-order valence-corrected chi connectivity index (χ0v) is 16.5. The van der Waals surface area contributed by atoms with Crippen molar-refractivity contribution in [2.75, 3.05) is 50.2 Å². The van der Waals surface area contributed by atoms with Gasteiger partial charge in [-0.25, -0.2) is 4.79 Å². The van der Waals surface area contributed by atoms with Crippen molar-refractivity contribution in [3.8, 4) is 0 Å². The summed E-state index contributed by atoms with van der Waals surface area (Å²) in [5.74, 6) is -0.176. The van der Waals surface area contributed by atoms with Gasteiger partial charge in [0.15, 0.2) is 0 Å². The zero-order chi connectivity index (χ0) is 19.5. The molecule has 27 heavy (non-hydrogen) atoms. The van der Waals surface area contributed by atoms with Crippen molar-refractivity contribution in [1.29, 1.82) is 0 Å². The van der Waals surface area contributed by atoms with E-state index in [9.17, 15) is 9.59 Å². The van der Waals surface area contributed by atoms with Crippen LogP contribution in [0.1, 0.15) is 32.1 Å². The van der Waals surface area contributed by atoms with Crippen molar-refractivity contribution in [2.45, 2.75) is 32.1 Å². The summed E-state index contributed by atoms with van der Waals surface area (Å²) in [5, 5.41) is 6.34. The zero-order valence-electron chi connectivity index (χ0n) is 15.8.